The number of aromatic hydroxyl groups is 1. The van der Waals surface area contributed by atoms with Crippen molar-refractivity contribution in [2.45, 2.75) is 33.1 Å². The predicted molar refractivity (Wildman–Crippen MR) is 78.3 cm³/mol. The molecule has 104 valence electrons. The lowest BCUT2D eigenvalue weighted by Crippen LogP contribution is -2.30. The molecule has 0 aliphatic rings. The Morgan fingerprint density at radius 1 is 1.37 bits per heavy atom. The summed E-state index contributed by atoms with van der Waals surface area (Å²) in [5.41, 5.74) is 1.94. The topological polar surface area (TPSA) is 40.5 Å². The van der Waals surface area contributed by atoms with E-state index in [-0.39, 0.29) is 5.91 Å². The fourth-order valence-corrected chi connectivity index (χ4v) is 2.10. The fraction of sp³-hybridized carbons (Fsp3) is 0.438. The van der Waals surface area contributed by atoms with Crippen molar-refractivity contribution in [3.8, 4) is 5.75 Å². The van der Waals surface area contributed by atoms with E-state index in [2.05, 4.69) is 6.58 Å². The first-order valence-electron chi connectivity index (χ1n) is 6.81. The Hall–Kier alpha value is -1.77. The predicted octanol–water partition coefficient (Wildman–Crippen LogP) is 2.92. The maximum atomic E-state index is 11.9. The molecule has 0 heterocycles. The molecule has 19 heavy (non-hydrogen) atoms. The van der Waals surface area contributed by atoms with Gasteiger partial charge in [-0.15, -0.1) is 6.58 Å². The minimum Gasteiger partial charge on any atom is -0.508 e. The average molecular weight is 261 g/mol. The smallest absolute Gasteiger partial charge is 0.222 e. The summed E-state index contributed by atoms with van der Waals surface area (Å²) >= 11 is 0. The lowest BCUT2D eigenvalue weighted by molar-refractivity contribution is -0.130. The van der Waals surface area contributed by atoms with Crippen LogP contribution >= 0.6 is 0 Å². The van der Waals surface area contributed by atoms with E-state index >= 15 is 0 Å². The van der Waals surface area contributed by atoms with E-state index in [1.54, 1.807) is 12.1 Å². The molecule has 0 aromatic heterocycles. The Labute approximate surface area is 115 Å². The maximum Gasteiger partial charge on any atom is 0.222 e. The zero-order valence-corrected chi connectivity index (χ0v) is 11.9. The van der Waals surface area contributed by atoms with Gasteiger partial charge < -0.3 is 10.0 Å². The molecule has 0 aliphatic heterocycles. The van der Waals surface area contributed by atoms with Crippen molar-refractivity contribution in [1.82, 2.24) is 4.90 Å². The number of nitrogens with zero attached hydrogens (tertiary/aromatic N) is 1. The zero-order valence-electron chi connectivity index (χ0n) is 11.9. The molecule has 0 spiro atoms. The summed E-state index contributed by atoms with van der Waals surface area (Å²) in [7, 11) is 0. The molecule has 0 bridgehead atoms. The molecule has 1 N–H and O–H groups in total. The molecule has 0 unspecified atom stereocenters. The number of allylic oxidation sites excluding steroid dienone is 1. The summed E-state index contributed by atoms with van der Waals surface area (Å²) in [4.78, 5) is 13.8. The molecule has 0 saturated carbocycles. The summed E-state index contributed by atoms with van der Waals surface area (Å²) in [6, 6.07) is 5.51. The van der Waals surface area contributed by atoms with Crippen molar-refractivity contribution in [1.29, 1.82) is 0 Å². The molecule has 3 nitrogen and oxygen atoms in total. The largest absolute Gasteiger partial charge is 0.508 e. The van der Waals surface area contributed by atoms with Crippen LogP contribution in [0.15, 0.2) is 30.9 Å². The lowest BCUT2D eigenvalue weighted by Gasteiger charge is -2.18. The number of phenolic OH excluding ortho intramolecular Hbond substituents is 1. The third-order valence-corrected chi connectivity index (χ3v) is 3.25. The van der Waals surface area contributed by atoms with Crippen molar-refractivity contribution in [3.05, 3.63) is 42.0 Å². The Bertz CT molecular complexity index is 436. The minimum atomic E-state index is 0.184. The van der Waals surface area contributed by atoms with E-state index in [9.17, 15) is 9.90 Å². The highest BCUT2D eigenvalue weighted by Crippen LogP contribution is 2.20. The van der Waals surface area contributed by atoms with Gasteiger partial charge in [0.25, 0.3) is 0 Å². The van der Waals surface area contributed by atoms with Gasteiger partial charge in [0.05, 0.1) is 0 Å². The lowest BCUT2D eigenvalue weighted by atomic mass is 10.0. The Morgan fingerprint density at radius 3 is 2.63 bits per heavy atom. The Balaban J connectivity index is 2.65. The molecular formula is C16H23NO2. The van der Waals surface area contributed by atoms with Gasteiger partial charge in [-0.3, -0.25) is 4.79 Å². The quantitative estimate of drug-likeness (QED) is 0.767. The van der Waals surface area contributed by atoms with Gasteiger partial charge in [-0.05, 0) is 43.9 Å². The average Bonchev–Trinajstić information content (AvgIpc) is 2.41. The second kappa shape index (κ2) is 7.62. The van der Waals surface area contributed by atoms with Crippen LogP contribution in [0.1, 0.15) is 31.4 Å². The van der Waals surface area contributed by atoms with E-state index in [4.69, 9.17) is 0 Å². The van der Waals surface area contributed by atoms with E-state index in [0.29, 0.717) is 25.0 Å². The van der Waals surface area contributed by atoms with Gasteiger partial charge in [-0.1, -0.05) is 18.2 Å². The van der Waals surface area contributed by atoms with Crippen LogP contribution in [0.3, 0.4) is 0 Å². The molecule has 0 atom stereocenters. The van der Waals surface area contributed by atoms with Gasteiger partial charge >= 0.3 is 0 Å². The van der Waals surface area contributed by atoms with Crippen molar-refractivity contribution >= 4 is 5.91 Å². The van der Waals surface area contributed by atoms with Crippen molar-refractivity contribution < 1.29 is 9.90 Å². The zero-order chi connectivity index (χ0) is 14.3. The first kappa shape index (κ1) is 15.3. The van der Waals surface area contributed by atoms with Crippen LogP contribution in [0.2, 0.25) is 0 Å². The molecule has 1 aromatic carbocycles. The standard InChI is InChI=1S/C16H23NO2/c1-4-7-14-12-13(8-10-15(14)18)9-11-16(19)17(5-2)6-3/h4,8,10,12,18H,1,5-7,9,11H2,2-3H3. The molecule has 0 fully saturated rings. The first-order chi connectivity index (χ1) is 9.12. The molecule has 3 heteroatoms. The summed E-state index contributed by atoms with van der Waals surface area (Å²) in [6.45, 7) is 9.17. The second-order valence-corrected chi connectivity index (χ2v) is 4.52. The third kappa shape index (κ3) is 4.43. The second-order valence-electron chi connectivity index (χ2n) is 4.52. The molecule has 1 rings (SSSR count). The van der Waals surface area contributed by atoms with Crippen LogP contribution < -0.4 is 0 Å². The highest BCUT2D eigenvalue weighted by molar-refractivity contribution is 5.76. The number of hydrogen-bond donors (Lipinski definition) is 1. The van der Waals surface area contributed by atoms with E-state index < -0.39 is 0 Å². The van der Waals surface area contributed by atoms with E-state index in [0.717, 1.165) is 24.2 Å². The molecule has 0 saturated heterocycles. The fourth-order valence-electron chi connectivity index (χ4n) is 2.10. The number of aryl methyl sites for hydroxylation is 1. The van der Waals surface area contributed by atoms with Crippen LogP contribution in [0.4, 0.5) is 0 Å². The summed E-state index contributed by atoms with van der Waals surface area (Å²) < 4.78 is 0. The SMILES string of the molecule is C=CCc1cc(CCC(=O)N(CC)CC)ccc1O. The molecule has 0 aliphatic carbocycles. The van der Waals surface area contributed by atoms with Crippen LogP contribution in [-0.2, 0) is 17.6 Å². The van der Waals surface area contributed by atoms with Crippen LogP contribution in [0.5, 0.6) is 5.75 Å². The number of carbonyl (C=O) groups excluding carboxylic acids is 1. The highest BCUT2D eigenvalue weighted by Gasteiger charge is 2.10. The summed E-state index contributed by atoms with van der Waals surface area (Å²) in [5.74, 6) is 0.474. The van der Waals surface area contributed by atoms with Crippen LogP contribution in [0, 0.1) is 0 Å². The van der Waals surface area contributed by atoms with Crippen LogP contribution in [-0.4, -0.2) is 29.0 Å². The number of benzene rings is 1. The molecule has 0 radical (unpaired) electrons. The number of amides is 1. The van der Waals surface area contributed by atoms with Crippen LogP contribution in [0.25, 0.3) is 0 Å². The van der Waals surface area contributed by atoms with Gasteiger partial charge in [-0.25, -0.2) is 0 Å². The minimum absolute atomic E-state index is 0.184. The molecule has 1 aromatic rings. The molecular weight excluding hydrogens is 238 g/mol. The number of rotatable bonds is 7. The maximum absolute atomic E-state index is 11.9. The van der Waals surface area contributed by atoms with E-state index in [1.165, 1.54) is 0 Å². The van der Waals surface area contributed by atoms with Crippen molar-refractivity contribution in [2.24, 2.45) is 0 Å². The Kier molecular flexibility index (Phi) is 6.13. The van der Waals surface area contributed by atoms with Crippen molar-refractivity contribution in [2.75, 3.05) is 13.1 Å². The molecule has 1 amide bonds. The first-order valence-corrected chi connectivity index (χ1v) is 6.81. The number of hydrogen-bond acceptors (Lipinski definition) is 2. The number of carbonyl (C=O) groups is 1. The van der Waals surface area contributed by atoms with Gasteiger partial charge in [0.1, 0.15) is 5.75 Å². The van der Waals surface area contributed by atoms with Gasteiger partial charge in [-0.2, -0.15) is 0 Å². The van der Waals surface area contributed by atoms with E-state index in [1.807, 2.05) is 30.9 Å². The summed E-state index contributed by atoms with van der Waals surface area (Å²) in [6.07, 6.45) is 3.63. The van der Waals surface area contributed by atoms with Gasteiger partial charge in [0, 0.05) is 19.5 Å². The highest BCUT2D eigenvalue weighted by atomic mass is 16.3. The third-order valence-electron chi connectivity index (χ3n) is 3.25. The van der Waals surface area contributed by atoms with Crippen molar-refractivity contribution in [3.63, 3.8) is 0 Å². The number of phenols is 1. The Morgan fingerprint density at radius 2 is 2.05 bits per heavy atom. The normalized spacial score (nSPS) is 10.2. The van der Waals surface area contributed by atoms with Gasteiger partial charge in [0.2, 0.25) is 5.91 Å². The monoisotopic (exact) mass is 261 g/mol. The summed E-state index contributed by atoms with van der Waals surface area (Å²) in [5, 5.41) is 9.68. The van der Waals surface area contributed by atoms with Gasteiger partial charge in [0.15, 0.2) is 0 Å².